The van der Waals surface area contributed by atoms with Crippen LogP contribution in [0.4, 0.5) is 0 Å². The molecule has 0 aromatic carbocycles. The quantitative estimate of drug-likeness (QED) is 0.154. The lowest BCUT2D eigenvalue weighted by Crippen LogP contribution is -2.04. The van der Waals surface area contributed by atoms with Crippen molar-refractivity contribution >= 4 is 5.97 Å². The van der Waals surface area contributed by atoms with Gasteiger partial charge < -0.3 is 4.74 Å². The lowest BCUT2D eigenvalue weighted by molar-refractivity contribution is -0.145. The molecule has 0 radical (unpaired) electrons. The van der Waals surface area contributed by atoms with Crippen molar-refractivity contribution in [1.82, 2.24) is 4.98 Å². The maximum absolute atomic E-state index is 11.7. The van der Waals surface area contributed by atoms with Crippen molar-refractivity contribution < 1.29 is 9.53 Å². The predicted molar refractivity (Wildman–Crippen MR) is 121 cm³/mol. The Bertz CT molecular complexity index is 555. The first-order chi connectivity index (χ1) is 14.3. The number of carbonyl (C=O) groups is 1. The molecule has 2 rings (SSSR count). The molecule has 0 fully saturated rings. The Kier molecular flexibility index (Phi) is 13.2. The van der Waals surface area contributed by atoms with Gasteiger partial charge in [0.2, 0.25) is 0 Å². The summed E-state index contributed by atoms with van der Waals surface area (Å²) < 4.78 is 5.28. The topological polar surface area (TPSA) is 39.2 Å². The Morgan fingerprint density at radius 1 is 0.931 bits per heavy atom. The number of nitrogens with zero attached hydrogens (tertiary/aromatic N) is 1. The van der Waals surface area contributed by atoms with E-state index in [1.54, 1.807) is 12.4 Å². The maximum Gasteiger partial charge on any atom is 0.306 e. The summed E-state index contributed by atoms with van der Waals surface area (Å²) in [6.45, 7) is 0.338. The van der Waals surface area contributed by atoms with Crippen LogP contribution >= 0.6 is 0 Å². The molecule has 0 amide bonds. The summed E-state index contributed by atoms with van der Waals surface area (Å²) in [5.74, 6) is 0.807. The van der Waals surface area contributed by atoms with Gasteiger partial charge in [0.05, 0.1) is 0 Å². The van der Waals surface area contributed by atoms with Gasteiger partial charge in [-0.2, -0.15) is 0 Å². The van der Waals surface area contributed by atoms with Gasteiger partial charge in [-0.3, -0.25) is 9.78 Å². The summed E-state index contributed by atoms with van der Waals surface area (Å²) in [4.78, 5) is 15.8. The molecule has 29 heavy (non-hydrogen) atoms. The van der Waals surface area contributed by atoms with E-state index < -0.39 is 0 Å². The van der Waals surface area contributed by atoms with Crippen LogP contribution in [0.25, 0.3) is 0 Å². The second-order valence-electron chi connectivity index (χ2n) is 8.57. The summed E-state index contributed by atoms with van der Waals surface area (Å²) >= 11 is 0. The summed E-state index contributed by atoms with van der Waals surface area (Å²) in [7, 11) is 0. The second kappa shape index (κ2) is 16.2. The molecule has 1 heterocycles. The summed E-state index contributed by atoms with van der Waals surface area (Å²) in [5, 5.41) is 0. The van der Waals surface area contributed by atoms with E-state index in [9.17, 15) is 4.79 Å². The highest BCUT2D eigenvalue weighted by atomic mass is 16.5. The molecule has 162 valence electrons. The lowest BCUT2D eigenvalue weighted by atomic mass is 9.99. The van der Waals surface area contributed by atoms with E-state index in [1.165, 1.54) is 83.5 Å². The fourth-order valence-electron chi connectivity index (χ4n) is 4.10. The first-order valence-electron chi connectivity index (χ1n) is 12.1. The van der Waals surface area contributed by atoms with Crippen LogP contribution in [-0.4, -0.2) is 11.0 Å². The van der Waals surface area contributed by atoms with Crippen molar-refractivity contribution in [2.24, 2.45) is 5.92 Å². The van der Waals surface area contributed by atoms with E-state index in [2.05, 4.69) is 17.1 Å². The van der Waals surface area contributed by atoms with Crippen LogP contribution < -0.4 is 0 Å². The van der Waals surface area contributed by atoms with E-state index in [-0.39, 0.29) is 5.97 Å². The van der Waals surface area contributed by atoms with Crippen LogP contribution in [0.3, 0.4) is 0 Å². The van der Waals surface area contributed by atoms with Gasteiger partial charge in [-0.05, 0) is 37.7 Å². The number of hydrogen-bond donors (Lipinski definition) is 0. The fourth-order valence-corrected chi connectivity index (χ4v) is 4.10. The zero-order valence-electron chi connectivity index (χ0n) is 18.3. The molecule has 0 saturated carbocycles. The van der Waals surface area contributed by atoms with Crippen LogP contribution in [0.2, 0.25) is 0 Å². The largest absolute Gasteiger partial charge is 0.461 e. The van der Waals surface area contributed by atoms with Gasteiger partial charge in [-0.25, -0.2) is 0 Å². The van der Waals surface area contributed by atoms with Gasteiger partial charge >= 0.3 is 5.97 Å². The number of rotatable bonds is 17. The van der Waals surface area contributed by atoms with Crippen LogP contribution in [0.1, 0.15) is 108 Å². The van der Waals surface area contributed by atoms with Crippen LogP contribution in [0.15, 0.2) is 36.7 Å². The molecule has 0 N–H and O–H groups in total. The molecule has 1 atom stereocenters. The second-order valence-corrected chi connectivity index (χ2v) is 8.57. The van der Waals surface area contributed by atoms with Gasteiger partial charge in [-0.15, -0.1) is 0 Å². The average Bonchev–Trinajstić information content (AvgIpc) is 3.27. The molecule has 1 aromatic rings. The Morgan fingerprint density at radius 2 is 1.59 bits per heavy atom. The zero-order chi connectivity index (χ0) is 20.4. The standard InChI is InChI=1S/C26H41NO2/c28-26(29-23-25-19-15-21-27-22-25)20-12-10-8-6-4-2-1-3-5-7-9-11-16-24-17-13-14-18-24/h13,15,17,19,21-22,24H,1-12,14,16,18,20,23H2. The number of esters is 1. The number of allylic oxidation sites excluding steroid dienone is 2. The van der Waals surface area contributed by atoms with Crippen LogP contribution in [0, 0.1) is 5.92 Å². The molecular weight excluding hydrogens is 358 g/mol. The highest BCUT2D eigenvalue weighted by molar-refractivity contribution is 5.69. The van der Waals surface area contributed by atoms with Gasteiger partial charge in [0.25, 0.3) is 0 Å². The fraction of sp³-hybridized carbons (Fsp3) is 0.692. The Balaban J connectivity index is 1.26. The van der Waals surface area contributed by atoms with Crippen molar-refractivity contribution in [3.8, 4) is 0 Å². The van der Waals surface area contributed by atoms with Gasteiger partial charge in [-0.1, -0.05) is 88.8 Å². The van der Waals surface area contributed by atoms with Crippen molar-refractivity contribution in [3.63, 3.8) is 0 Å². The van der Waals surface area contributed by atoms with Crippen LogP contribution in [-0.2, 0) is 16.1 Å². The number of aromatic nitrogens is 1. The molecule has 0 spiro atoms. The van der Waals surface area contributed by atoms with Gasteiger partial charge in [0, 0.05) is 24.4 Å². The highest BCUT2D eigenvalue weighted by Crippen LogP contribution is 2.23. The molecule has 1 aliphatic carbocycles. The molecule has 0 saturated heterocycles. The third-order valence-electron chi connectivity index (χ3n) is 5.94. The monoisotopic (exact) mass is 399 g/mol. The van der Waals surface area contributed by atoms with Gasteiger partial charge in [0.15, 0.2) is 0 Å². The van der Waals surface area contributed by atoms with Crippen molar-refractivity contribution in [3.05, 3.63) is 42.2 Å². The van der Waals surface area contributed by atoms with E-state index in [4.69, 9.17) is 4.74 Å². The van der Waals surface area contributed by atoms with E-state index in [0.29, 0.717) is 13.0 Å². The Labute approximate surface area is 178 Å². The lowest BCUT2D eigenvalue weighted by Gasteiger charge is -2.07. The smallest absolute Gasteiger partial charge is 0.306 e. The van der Waals surface area contributed by atoms with E-state index in [1.807, 2.05) is 12.1 Å². The number of unbranched alkanes of at least 4 members (excludes halogenated alkanes) is 11. The molecule has 1 aliphatic rings. The minimum atomic E-state index is -0.0893. The van der Waals surface area contributed by atoms with E-state index in [0.717, 1.165) is 24.3 Å². The van der Waals surface area contributed by atoms with Crippen molar-refractivity contribution in [2.75, 3.05) is 0 Å². The minimum Gasteiger partial charge on any atom is -0.461 e. The highest BCUT2D eigenvalue weighted by Gasteiger charge is 2.07. The SMILES string of the molecule is O=C(CCCCCCCCCCCCCCC1C=CCC1)OCc1cccnc1. The summed E-state index contributed by atoms with van der Waals surface area (Å²) in [5.41, 5.74) is 0.947. The molecule has 1 unspecified atom stereocenters. The normalized spacial score (nSPS) is 15.7. The zero-order valence-corrected chi connectivity index (χ0v) is 18.3. The van der Waals surface area contributed by atoms with Gasteiger partial charge in [0.1, 0.15) is 6.61 Å². The Hall–Kier alpha value is -1.64. The first kappa shape index (κ1) is 23.6. The molecule has 3 heteroatoms. The molecular formula is C26H41NO2. The van der Waals surface area contributed by atoms with Crippen LogP contribution in [0.5, 0.6) is 0 Å². The third kappa shape index (κ3) is 12.5. The number of pyridine rings is 1. The first-order valence-corrected chi connectivity index (χ1v) is 12.1. The molecule has 0 bridgehead atoms. The van der Waals surface area contributed by atoms with Crippen molar-refractivity contribution in [1.29, 1.82) is 0 Å². The molecule has 3 nitrogen and oxygen atoms in total. The summed E-state index contributed by atoms with van der Waals surface area (Å²) in [6.07, 6.45) is 28.7. The Morgan fingerprint density at radius 3 is 2.17 bits per heavy atom. The van der Waals surface area contributed by atoms with Crippen molar-refractivity contribution in [2.45, 2.75) is 109 Å². The number of ether oxygens (including phenoxy) is 1. The molecule has 0 aliphatic heterocycles. The minimum absolute atomic E-state index is 0.0893. The third-order valence-corrected chi connectivity index (χ3v) is 5.94. The number of carbonyl (C=O) groups excluding carboxylic acids is 1. The number of hydrogen-bond acceptors (Lipinski definition) is 3. The average molecular weight is 400 g/mol. The van der Waals surface area contributed by atoms with E-state index >= 15 is 0 Å². The molecule has 1 aromatic heterocycles. The summed E-state index contributed by atoms with van der Waals surface area (Å²) in [6, 6.07) is 3.79. The maximum atomic E-state index is 11.7. The predicted octanol–water partition coefficient (Wildman–Crippen LogP) is 7.55.